The van der Waals surface area contributed by atoms with Crippen LogP contribution in [0.4, 0.5) is 17.6 Å². The second-order valence-electron chi connectivity index (χ2n) is 7.63. The predicted molar refractivity (Wildman–Crippen MR) is 124 cm³/mol. The minimum absolute atomic E-state index is 0.123. The molecule has 4 aromatic rings. The highest BCUT2D eigenvalue weighted by atomic mass is 16.5. The average Bonchev–Trinajstić information content (AvgIpc) is 3.36. The van der Waals surface area contributed by atoms with Crippen LogP contribution in [-0.4, -0.2) is 43.8 Å². The number of rotatable bonds is 9. The van der Waals surface area contributed by atoms with Crippen molar-refractivity contribution in [1.29, 1.82) is 0 Å². The first-order valence-electron chi connectivity index (χ1n) is 10.4. The highest BCUT2D eigenvalue weighted by molar-refractivity contribution is 5.66. The standard InChI is InChI=1S/C23H26N8O/c1-4-23(2,17-7-5-6-8-19(17)32-3)13-25-20-12-18(26-14-27-20)16-9-10-24-21(11-16)30-22-28-15-29-31-22/h5-12,14-15H,4,13H2,1-3H3,(H,25,26,27)(H2,24,28,29,30,31)/t23-/m1/s1. The number of ether oxygens (including phenoxy) is 1. The Bertz CT molecular complexity index is 1160. The van der Waals surface area contributed by atoms with E-state index in [4.69, 9.17) is 4.74 Å². The van der Waals surface area contributed by atoms with Crippen LogP contribution in [0.15, 0.2) is 61.3 Å². The normalized spacial score (nSPS) is 12.7. The number of anilines is 3. The van der Waals surface area contributed by atoms with Gasteiger partial charge in [0.1, 0.15) is 30.0 Å². The Balaban J connectivity index is 1.52. The number of para-hydroxylation sites is 1. The molecule has 1 atom stereocenters. The van der Waals surface area contributed by atoms with Crippen molar-refractivity contribution in [3.63, 3.8) is 0 Å². The fraction of sp³-hybridized carbons (Fsp3) is 0.261. The maximum absolute atomic E-state index is 5.59. The van der Waals surface area contributed by atoms with E-state index in [-0.39, 0.29) is 5.41 Å². The number of aromatic nitrogens is 6. The van der Waals surface area contributed by atoms with Crippen LogP contribution in [0.3, 0.4) is 0 Å². The van der Waals surface area contributed by atoms with E-state index in [0.717, 1.165) is 29.2 Å². The Morgan fingerprint density at radius 3 is 2.69 bits per heavy atom. The number of benzene rings is 1. The number of nitrogens with zero attached hydrogens (tertiary/aromatic N) is 5. The number of methoxy groups -OCH3 is 1. The maximum Gasteiger partial charge on any atom is 0.247 e. The quantitative estimate of drug-likeness (QED) is 0.362. The van der Waals surface area contributed by atoms with E-state index in [1.54, 1.807) is 19.6 Å². The Morgan fingerprint density at radius 2 is 1.91 bits per heavy atom. The van der Waals surface area contributed by atoms with Gasteiger partial charge in [0.15, 0.2) is 0 Å². The largest absolute Gasteiger partial charge is 0.496 e. The summed E-state index contributed by atoms with van der Waals surface area (Å²) in [6.45, 7) is 5.11. The molecule has 0 unspecified atom stereocenters. The molecule has 0 aliphatic heterocycles. The number of hydrogen-bond acceptors (Lipinski definition) is 8. The molecule has 0 aliphatic rings. The lowest BCUT2D eigenvalue weighted by Crippen LogP contribution is -2.31. The summed E-state index contributed by atoms with van der Waals surface area (Å²) < 4.78 is 5.59. The van der Waals surface area contributed by atoms with Crippen LogP contribution in [0, 0.1) is 0 Å². The van der Waals surface area contributed by atoms with E-state index in [1.165, 1.54) is 11.9 Å². The van der Waals surface area contributed by atoms with Crippen molar-refractivity contribution < 1.29 is 4.74 Å². The molecule has 0 aliphatic carbocycles. The molecular weight excluding hydrogens is 404 g/mol. The van der Waals surface area contributed by atoms with Gasteiger partial charge >= 0.3 is 0 Å². The number of aromatic amines is 1. The van der Waals surface area contributed by atoms with Crippen molar-refractivity contribution in [1.82, 2.24) is 30.1 Å². The lowest BCUT2D eigenvalue weighted by Gasteiger charge is -2.31. The Kier molecular flexibility index (Phi) is 6.25. The van der Waals surface area contributed by atoms with E-state index in [1.807, 2.05) is 36.4 Å². The Labute approximate surface area is 186 Å². The van der Waals surface area contributed by atoms with Crippen molar-refractivity contribution in [3.05, 3.63) is 66.9 Å². The van der Waals surface area contributed by atoms with E-state index < -0.39 is 0 Å². The number of H-pyrrole nitrogens is 1. The molecule has 9 nitrogen and oxygen atoms in total. The third-order valence-corrected chi connectivity index (χ3v) is 5.57. The molecule has 3 heterocycles. The molecular formula is C23H26N8O. The van der Waals surface area contributed by atoms with Crippen LogP contribution < -0.4 is 15.4 Å². The van der Waals surface area contributed by atoms with Gasteiger partial charge in [-0.15, -0.1) is 5.10 Å². The van der Waals surface area contributed by atoms with E-state index >= 15 is 0 Å². The third-order valence-electron chi connectivity index (χ3n) is 5.57. The fourth-order valence-electron chi connectivity index (χ4n) is 3.49. The van der Waals surface area contributed by atoms with Crippen LogP contribution in [-0.2, 0) is 5.41 Å². The molecule has 3 N–H and O–H groups in total. The monoisotopic (exact) mass is 430 g/mol. The van der Waals surface area contributed by atoms with Crippen LogP contribution >= 0.6 is 0 Å². The molecule has 9 heteroatoms. The van der Waals surface area contributed by atoms with E-state index in [0.29, 0.717) is 18.3 Å². The summed E-state index contributed by atoms with van der Waals surface area (Å²) in [4.78, 5) is 17.2. The van der Waals surface area contributed by atoms with Gasteiger partial charge in [0.2, 0.25) is 5.95 Å². The van der Waals surface area contributed by atoms with Gasteiger partial charge in [-0.25, -0.2) is 19.9 Å². The molecule has 4 rings (SSSR count). The zero-order chi connectivity index (χ0) is 22.4. The molecule has 0 fully saturated rings. The lowest BCUT2D eigenvalue weighted by atomic mass is 9.79. The van der Waals surface area contributed by atoms with E-state index in [2.05, 4.69) is 60.7 Å². The molecule has 0 spiro atoms. The average molecular weight is 431 g/mol. The van der Waals surface area contributed by atoms with Crippen LogP contribution in [0.1, 0.15) is 25.8 Å². The lowest BCUT2D eigenvalue weighted by molar-refractivity contribution is 0.385. The zero-order valence-electron chi connectivity index (χ0n) is 18.3. The zero-order valence-corrected chi connectivity index (χ0v) is 18.3. The maximum atomic E-state index is 5.59. The fourth-order valence-corrected chi connectivity index (χ4v) is 3.49. The molecule has 32 heavy (non-hydrogen) atoms. The Hall–Kier alpha value is -4.01. The van der Waals surface area contributed by atoms with Crippen LogP contribution in [0.5, 0.6) is 5.75 Å². The molecule has 0 saturated heterocycles. The van der Waals surface area contributed by atoms with Crippen molar-refractivity contribution in [2.24, 2.45) is 0 Å². The van der Waals surface area contributed by atoms with Crippen molar-refractivity contribution >= 4 is 17.6 Å². The molecule has 0 radical (unpaired) electrons. The highest BCUT2D eigenvalue weighted by Crippen LogP contribution is 2.34. The first-order chi connectivity index (χ1) is 15.6. The van der Waals surface area contributed by atoms with Gasteiger partial charge in [-0.2, -0.15) is 0 Å². The molecule has 3 aromatic heterocycles. The van der Waals surface area contributed by atoms with Crippen LogP contribution in [0.2, 0.25) is 0 Å². The van der Waals surface area contributed by atoms with Crippen molar-refractivity contribution in [2.75, 3.05) is 24.3 Å². The second kappa shape index (κ2) is 9.42. The van der Waals surface area contributed by atoms with Gasteiger partial charge in [0, 0.05) is 35.3 Å². The van der Waals surface area contributed by atoms with Gasteiger partial charge in [-0.05, 0) is 24.6 Å². The minimum Gasteiger partial charge on any atom is -0.496 e. The number of nitrogens with one attached hydrogen (secondary N) is 3. The van der Waals surface area contributed by atoms with Crippen molar-refractivity contribution in [3.8, 4) is 17.0 Å². The summed E-state index contributed by atoms with van der Waals surface area (Å²) in [5.41, 5.74) is 2.75. The number of pyridine rings is 1. The second-order valence-corrected chi connectivity index (χ2v) is 7.63. The summed E-state index contributed by atoms with van der Waals surface area (Å²) in [5, 5.41) is 13.2. The minimum atomic E-state index is -0.123. The van der Waals surface area contributed by atoms with Gasteiger partial charge in [0.25, 0.3) is 0 Å². The van der Waals surface area contributed by atoms with Gasteiger partial charge in [-0.3, -0.25) is 5.10 Å². The topological polar surface area (TPSA) is 114 Å². The van der Waals surface area contributed by atoms with E-state index in [9.17, 15) is 0 Å². The van der Waals surface area contributed by atoms with Crippen LogP contribution in [0.25, 0.3) is 11.3 Å². The Morgan fingerprint density at radius 1 is 1.03 bits per heavy atom. The van der Waals surface area contributed by atoms with Gasteiger partial charge in [0.05, 0.1) is 12.8 Å². The molecule has 0 saturated carbocycles. The first kappa shape index (κ1) is 21.2. The molecule has 164 valence electrons. The smallest absolute Gasteiger partial charge is 0.247 e. The number of hydrogen-bond donors (Lipinski definition) is 3. The summed E-state index contributed by atoms with van der Waals surface area (Å²) in [6, 6.07) is 13.9. The molecule has 1 aromatic carbocycles. The van der Waals surface area contributed by atoms with Crippen molar-refractivity contribution in [2.45, 2.75) is 25.7 Å². The summed E-state index contributed by atoms with van der Waals surface area (Å²) in [5.74, 6) is 2.73. The first-order valence-corrected chi connectivity index (χ1v) is 10.4. The summed E-state index contributed by atoms with van der Waals surface area (Å²) in [7, 11) is 1.71. The SMILES string of the molecule is CC[C@](C)(CNc1cc(-c2ccnc(Nc3nc[nH]n3)c2)ncn1)c1ccccc1OC. The highest BCUT2D eigenvalue weighted by Gasteiger charge is 2.27. The molecule has 0 amide bonds. The third kappa shape index (κ3) is 4.66. The molecule has 0 bridgehead atoms. The summed E-state index contributed by atoms with van der Waals surface area (Å²) >= 11 is 0. The van der Waals surface area contributed by atoms with Gasteiger partial charge < -0.3 is 15.4 Å². The van der Waals surface area contributed by atoms with Gasteiger partial charge in [-0.1, -0.05) is 32.0 Å². The predicted octanol–water partition coefficient (Wildman–Crippen LogP) is 4.19. The summed E-state index contributed by atoms with van der Waals surface area (Å²) in [6.07, 6.45) is 5.73.